The van der Waals surface area contributed by atoms with Crippen LogP contribution in [0.1, 0.15) is 63.8 Å². The number of benzene rings is 2. The molecular formula is C29H36N6O3. The average molecular weight is 517 g/mol. The summed E-state index contributed by atoms with van der Waals surface area (Å²) in [6, 6.07) is 11.0. The molecule has 9 heteroatoms. The van der Waals surface area contributed by atoms with Gasteiger partial charge in [0.1, 0.15) is 29.2 Å². The summed E-state index contributed by atoms with van der Waals surface area (Å²) >= 11 is 0. The van der Waals surface area contributed by atoms with E-state index < -0.39 is 23.7 Å². The van der Waals surface area contributed by atoms with Gasteiger partial charge in [0.2, 0.25) is 17.7 Å². The molecule has 3 N–H and O–H groups in total. The SMILES string of the molecule is CC(C)CC1C(=O)NC(C2Cc3ccccc3C2)C(=O)N1C(C(=O)NC(C)(C)C)c1ccc2n[nH]nc2c1. The van der Waals surface area contributed by atoms with Crippen LogP contribution >= 0.6 is 0 Å². The third kappa shape index (κ3) is 5.01. The number of piperazine rings is 1. The van der Waals surface area contributed by atoms with Gasteiger partial charge >= 0.3 is 0 Å². The highest BCUT2D eigenvalue weighted by Crippen LogP contribution is 2.36. The zero-order chi connectivity index (χ0) is 27.2. The van der Waals surface area contributed by atoms with Crippen LogP contribution in [0.5, 0.6) is 0 Å². The molecule has 2 aromatic carbocycles. The van der Waals surface area contributed by atoms with Gasteiger partial charge in [-0.25, -0.2) is 0 Å². The van der Waals surface area contributed by atoms with Crippen LogP contribution in [0.2, 0.25) is 0 Å². The summed E-state index contributed by atoms with van der Waals surface area (Å²) in [4.78, 5) is 43.6. The molecule has 1 saturated heterocycles. The van der Waals surface area contributed by atoms with E-state index in [2.05, 4.69) is 38.2 Å². The van der Waals surface area contributed by atoms with Gasteiger partial charge in [0.25, 0.3) is 0 Å². The highest BCUT2D eigenvalue weighted by molar-refractivity contribution is 6.00. The Hall–Kier alpha value is -3.75. The van der Waals surface area contributed by atoms with Crippen LogP contribution in [-0.4, -0.2) is 55.7 Å². The Labute approximate surface area is 222 Å². The lowest BCUT2D eigenvalue weighted by atomic mass is 9.87. The lowest BCUT2D eigenvalue weighted by Crippen LogP contribution is -2.67. The van der Waals surface area contributed by atoms with Crippen LogP contribution < -0.4 is 10.6 Å². The van der Waals surface area contributed by atoms with Crippen molar-refractivity contribution in [2.75, 3.05) is 0 Å². The summed E-state index contributed by atoms with van der Waals surface area (Å²) in [6.07, 6.45) is 1.86. The van der Waals surface area contributed by atoms with Crippen molar-refractivity contribution in [1.29, 1.82) is 0 Å². The first-order chi connectivity index (χ1) is 18.0. The van der Waals surface area contributed by atoms with Gasteiger partial charge in [0.05, 0.1) is 0 Å². The van der Waals surface area contributed by atoms with Crippen molar-refractivity contribution in [3.63, 3.8) is 0 Å². The zero-order valence-corrected chi connectivity index (χ0v) is 22.6. The number of fused-ring (bicyclic) bond motifs is 2. The number of hydrogen-bond acceptors (Lipinski definition) is 5. The van der Waals surface area contributed by atoms with Gasteiger partial charge in [-0.1, -0.05) is 44.2 Å². The van der Waals surface area contributed by atoms with Crippen molar-refractivity contribution >= 4 is 28.8 Å². The molecule has 5 rings (SSSR count). The van der Waals surface area contributed by atoms with E-state index in [0.717, 1.165) is 0 Å². The van der Waals surface area contributed by atoms with Gasteiger partial charge in [0, 0.05) is 5.54 Å². The van der Waals surface area contributed by atoms with Crippen molar-refractivity contribution in [3.8, 4) is 0 Å². The average Bonchev–Trinajstić information content (AvgIpc) is 3.48. The monoisotopic (exact) mass is 516 g/mol. The van der Waals surface area contributed by atoms with Crippen molar-refractivity contribution in [2.24, 2.45) is 11.8 Å². The second kappa shape index (κ2) is 9.85. The molecule has 2 heterocycles. The molecule has 3 amide bonds. The minimum Gasteiger partial charge on any atom is -0.349 e. The predicted octanol–water partition coefficient (Wildman–Crippen LogP) is 3.07. The van der Waals surface area contributed by atoms with Gasteiger partial charge in [-0.05, 0) is 80.7 Å². The second-order valence-electron chi connectivity index (χ2n) is 12.0. The van der Waals surface area contributed by atoms with Crippen LogP contribution in [-0.2, 0) is 27.2 Å². The maximum Gasteiger partial charge on any atom is 0.247 e. The van der Waals surface area contributed by atoms with E-state index in [4.69, 9.17) is 0 Å². The third-order valence-corrected chi connectivity index (χ3v) is 7.39. The summed E-state index contributed by atoms with van der Waals surface area (Å²) in [7, 11) is 0. The molecule has 3 aromatic rings. The lowest BCUT2D eigenvalue weighted by molar-refractivity contribution is -0.158. The number of aromatic nitrogens is 3. The maximum atomic E-state index is 14.4. The number of amides is 3. The number of nitrogens with one attached hydrogen (secondary N) is 3. The summed E-state index contributed by atoms with van der Waals surface area (Å²) in [5, 5.41) is 17.0. The summed E-state index contributed by atoms with van der Waals surface area (Å²) in [5.74, 6) is -0.698. The van der Waals surface area contributed by atoms with E-state index in [1.165, 1.54) is 11.1 Å². The van der Waals surface area contributed by atoms with Gasteiger partial charge in [-0.3, -0.25) is 14.4 Å². The smallest absolute Gasteiger partial charge is 0.247 e. The maximum absolute atomic E-state index is 14.4. The van der Waals surface area contributed by atoms with E-state index >= 15 is 0 Å². The first-order valence-corrected chi connectivity index (χ1v) is 13.3. The standard InChI is InChI=1S/C29H36N6O3/c1-16(2)12-23-26(36)30-24(20-13-17-8-6-7-9-18(17)14-20)28(38)35(23)25(27(37)31-29(3,4)5)19-10-11-21-22(15-19)33-34-32-21/h6-11,15-16,20,23-25H,12-14H2,1-5H3,(H,30,36)(H,31,37)(H,32,33,34). The van der Waals surface area contributed by atoms with Crippen LogP contribution in [0.25, 0.3) is 11.0 Å². The Bertz CT molecular complexity index is 1350. The lowest BCUT2D eigenvalue weighted by Gasteiger charge is -2.45. The molecule has 38 heavy (non-hydrogen) atoms. The van der Waals surface area contributed by atoms with E-state index in [-0.39, 0.29) is 29.6 Å². The van der Waals surface area contributed by atoms with E-state index in [1.54, 1.807) is 23.1 Å². The Morgan fingerprint density at radius 3 is 2.34 bits per heavy atom. The second-order valence-corrected chi connectivity index (χ2v) is 12.0. The molecule has 0 radical (unpaired) electrons. The molecule has 0 bridgehead atoms. The number of hydrogen-bond donors (Lipinski definition) is 3. The van der Waals surface area contributed by atoms with Crippen molar-refractivity contribution in [2.45, 2.75) is 77.5 Å². The van der Waals surface area contributed by atoms with Crippen LogP contribution in [0, 0.1) is 11.8 Å². The van der Waals surface area contributed by atoms with Crippen molar-refractivity contribution < 1.29 is 14.4 Å². The van der Waals surface area contributed by atoms with E-state index in [1.807, 2.05) is 46.8 Å². The summed E-state index contributed by atoms with van der Waals surface area (Å²) < 4.78 is 0. The molecular weight excluding hydrogens is 480 g/mol. The Morgan fingerprint density at radius 1 is 1.05 bits per heavy atom. The van der Waals surface area contributed by atoms with E-state index in [9.17, 15) is 14.4 Å². The van der Waals surface area contributed by atoms with Gasteiger partial charge in [-0.2, -0.15) is 15.4 Å². The minimum atomic E-state index is -0.996. The van der Waals surface area contributed by atoms with Gasteiger partial charge in [-0.15, -0.1) is 0 Å². The molecule has 200 valence electrons. The van der Waals surface area contributed by atoms with Gasteiger partial charge < -0.3 is 15.5 Å². The number of carbonyl (C=O) groups is 3. The molecule has 1 aromatic heterocycles. The number of H-pyrrole nitrogens is 1. The minimum absolute atomic E-state index is 0.0734. The molecule has 3 unspecified atom stereocenters. The molecule has 3 atom stereocenters. The summed E-state index contributed by atoms with van der Waals surface area (Å²) in [6.45, 7) is 9.73. The van der Waals surface area contributed by atoms with Crippen LogP contribution in [0.4, 0.5) is 0 Å². The van der Waals surface area contributed by atoms with Gasteiger partial charge in [0.15, 0.2) is 0 Å². The Kier molecular flexibility index (Phi) is 6.71. The summed E-state index contributed by atoms with van der Waals surface area (Å²) in [5.41, 5.74) is 3.72. The highest BCUT2D eigenvalue weighted by Gasteiger charge is 2.49. The highest BCUT2D eigenvalue weighted by atomic mass is 16.2. The van der Waals surface area contributed by atoms with Crippen LogP contribution in [0.3, 0.4) is 0 Å². The van der Waals surface area contributed by atoms with Crippen molar-refractivity contribution in [3.05, 3.63) is 59.2 Å². The normalized spacial score (nSPS) is 21.1. The predicted molar refractivity (Wildman–Crippen MR) is 144 cm³/mol. The molecule has 1 fully saturated rings. The molecule has 9 nitrogen and oxygen atoms in total. The van der Waals surface area contributed by atoms with Crippen LogP contribution in [0.15, 0.2) is 42.5 Å². The fraction of sp³-hybridized carbons (Fsp3) is 0.483. The fourth-order valence-corrected chi connectivity index (χ4v) is 5.78. The first-order valence-electron chi connectivity index (χ1n) is 13.3. The topological polar surface area (TPSA) is 120 Å². The molecule has 1 aliphatic carbocycles. The number of carbonyl (C=O) groups excluding carboxylic acids is 3. The fourth-order valence-electron chi connectivity index (χ4n) is 5.78. The third-order valence-electron chi connectivity index (χ3n) is 7.39. The quantitative estimate of drug-likeness (QED) is 0.465. The number of rotatable bonds is 6. The first kappa shape index (κ1) is 25.9. The molecule has 2 aliphatic rings. The molecule has 1 aliphatic heterocycles. The Balaban J connectivity index is 1.58. The van der Waals surface area contributed by atoms with Crippen molar-refractivity contribution in [1.82, 2.24) is 30.9 Å². The zero-order valence-electron chi connectivity index (χ0n) is 22.6. The number of aromatic amines is 1. The largest absolute Gasteiger partial charge is 0.349 e. The Morgan fingerprint density at radius 2 is 1.71 bits per heavy atom. The molecule has 0 saturated carbocycles. The number of nitrogens with zero attached hydrogens (tertiary/aromatic N) is 3. The molecule has 0 spiro atoms. The van der Waals surface area contributed by atoms with E-state index in [0.29, 0.717) is 35.9 Å².